The van der Waals surface area contributed by atoms with Gasteiger partial charge in [-0.3, -0.25) is 0 Å². The molecule has 0 fully saturated rings. The second-order valence-corrected chi connectivity index (χ2v) is 16.6. The first-order valence-electron chi connectivity index (χ1n) is 14.5. The summed E-state index contributed by atoms with van der Waals surface area (Å²) in [5, 5.41) is 0. The van der Waals surface area contributed by atoms with Crippen LogP contribution in [0.4, 0.5) is 0 Å². The van der Waals surface area contributed by atoms with Crippen molar-refractivity contribution in [2.75, 3.05) is 39.3 Å². The molecule has 0 radical (unpaired) electrons. The fourth-order valence-electron chi connectivity index (χ4n) is 4.54. The Morgan fingerprint density at radius 3 is 0.711 bits per heavy atom. The normalized spacial score (nSPS) is 19.3. The van der Waals surface area contributed by atoms with Gasteiger partial charge in [-0.25, -0.2) is 25.3 Å². The van der Waals surface area contributed by atoms with Crippen LogP contribution in [-0.2, 0) is 30.1 Å². The molecule has 0 saturated heterocycles. The molecule has 45 heavy (non-hydrogen) atoms. The Morgan fingerprint density at radius 1 is 0.356 bits per heavy atom. The van der Waals surface area contributed by atoms with Gasteiger partial charge in [-0.05, 0) is 57.2 Å². The highest BCUT2D eigenvalue weighted by Crippen LogP contribution is 2.20. The Hall–Kier alpha value is -3.39. The zero-order valence-corrected chi connectivity index (χ0v) is 28.1. The van der Waals surface area contributed by atoms with Crippen LogP contribution in [0.15, 0.2) is 124 Å². The maximum atomic E-state index is 13.6. The van der Waals surface area contributed by atoms with Crippen LogP contribution < -0.4 is 0 Å². The molecule has 12 heteroatoms. The van der Waals surface area contributed by atoms with E-state index in [1.165, 1.54) is 12.9 Å². The molecule has 0 aromatic heterocycles. The molecule has 9 nitrogen and oxygen atoms in total. The highest BCUT2D eigenvalue weighted by Gasteiger charge is 2.26. The molecule has 3 aromatic rings. The number of hydrogen-bond acceptors (Lipinski definition) is 6. The molecular weight excluding hydrogens is 631 g/mol. The Balaban J connectivity index is 1.70. The minimum absolute atomic E-state index is 0.0137. The summed E-state index contributed by atoms with van der Waals surface area (Å²) in [4.78, 5) is 0.387. The lowest BCUT2D eigenvalue weighted by molar-refractivity contribution is 0.465. The first-order valence-corrected chi connectivity index (χ1v) is 18.8. The van der Waals surface area contributed by atoms with Crippen molar-refractivity contribution >= 4 is 30.1 Å². The third-order valence-corrected chi connectivity index (χ3v) is 12.9. The first-order chi connectivity index (χ1) is 21.3. The summed E-state index contributed by atoms with van der Waals surface area (Å²) >= 11 is 0. The first kappa shape index (κ1) is 34.5. The second kappa shape index (κ2) is 14.8. The highest BCUT2D eigenvalue weighted by atomic mass is 32.2. The maximum absolute atomic E-state index is 13.6. The predicted octanol–water partition coefficient (Wildman–Crippen LogP) is 4.67. The van der Waals surface area contributed by atoms with Crippen molar-refractivity contribution in [3.63, 3.8) is 0 Å². The van der Waals surface area contributed by atoms with Gasteiger partial charge in [0.2, 0.25) is 30.1 Å². The van der Waals surface area contributed by atoms with E-state index < -0.39 is 30.1 Å². The van der Waals surface area contributed by atoms with Gasteiger partial charge in [0.15, 0.2) is 0 Å². The van der Waals surface area contributed by atoms with Gasteiger partial charge < -0.3 is 0 Å². The van der Waals surface area contributed by atoms with E-state index in [4.69, 9.17) is 0 Å². The van der Waals surface area contributed by atoms with Crippen molar-refractivity contribution in [3.05, 3.63) is 126 Å². The van der Waals surface area contributed by atoms with Gasteiger partial charge in [-0.1, -0.05) is 89.5 Å². The Bertz CT molecular complexity index is 1620. The predicted molar refractivity (Wildman–Crippen MR) is 177 cm³/mol. The number of nitrogens with zero attached hydrogens (tertiary/aromatic N) is 3. The van der Waals surface area contributed by atoms with Crippen molar-refractivity contribution in [1.29, 1.82) is 0 Å². The molecule has 0 atom stereocenters. The van der Waals surface area contributed by atoms with Crippen molar-refractivity contribution in [3.8, 4) is 0 Å². The molecular formula is C33H39N3O6S3. The van der Waals surface area contributed by atoms with E-state index in [9.17, 15) is 25.3 Å². The lowest BCUT2D eigenvalue weighted by Crippen LogP contribution is -2.33. The van der Waals surface area contributed by atoms with Gasteiger partial charge in [0.1, 0.15) is 0 Å². The summed E-state index contributed by atoms with van der Waals surface area (Å²) in [6.45, 7) is 5.52. The van der Waals surface area contributed by atoms with Crippen molar-refractivity contribution in [2.24, 2.45) is 0 Å². The topological polar surface area (TPSA) is 112 Å². The number of benzene rings is 3. The van der Waals surface area contributed by atoms with E-state index in [1.807, 2.05) is 20.8 Å². The van der Waals surface area contributed by atoms with E-state index >= 15 is 0 Å². The largest absolute Gasteiger partial charge is 0.243 e. The van der Waals surface area contributed by atoms with Crippen LogP contribution in [0.5, 0.6) is 0 Å². The fraction of sp³-hybridized carbons (Fsp3) is 0.273. The molecule has 240 valence electrons. The molecule has 1 heterocycles. The molecule has 0 unspecified atom stereocenters. The van der Waals surface area contributed by atoms with Gasteiger partial charge in [0, 0.05) is 39.3 Å². The zero-order valence-electron chi connectivity index (χ0n) is 25.7. The van der Waals surface area contributed by atoms with E-state index in [2.05, 4.69) is 0 Å². The van der Waals surface area contributed by atoms with Gasteiger partial charge in [-0.2, -0.15) is 12.9 Å². The summed E-state index contributed by atoms with van der Waals surface area (Å²) in [5.41, 5.74) is 2.76. The van der Waals surface area contributed by atoms with E-state index in [1.54, 1.807) is 109 Å². The molecule has 0 spiro atoms. The Labute approximate surface area is 268 Å². The molecule has 1 aliphatic rings. The van der Waals surface area contributed by atoms with Crippen LogP contribution in [0.2, 0.25) is 0 Å². The molecule has 0 amide bonds. The van der Waals surface area contributed by atoms with Gasteiger partial charge in [0.25, 0.3) is 0 Å². The summed E-state index contributed by atoms with van der Waals surface area (Å²) in [6.07, 6.45) is 9.80. The van der Waals surface area contributed by atoms with Crippen LogP contribution in [0.3, 0.4) is 0 Å². The maximum Gasteiger partial charge on any atom is 0.243 e. The smallest absolute Gasteiger partial charge is 0.207 e. The van der Waals surface area contributed by atoms with Crippen molar-refractivity contribution < 1.29 is 25.3 Å². The standard InChI is InChI=1S/C33H39N3O6S3/c1-28-10-16-31(17-11-28)43(37,38)34-22-4-6-24-35(44(39,40)32-18-12-29(2)13-19-32)26-8-9-27-36(25-7-5-23-34)45(41,42)33-20-14-30(3)15-21-33/h4-21H,22-27H2,1-3H3/b6-4+,7-5+,9-8+. The number of aryl methyl sites for hydroxylation is 3. The molecule has 0 saturated carbocycles. The number of sulfonamides is 3. The summed E-state index contributed by atoms with van der Waals surface area (Å²) < 4.78 is 85.4. The fourth-order valence-corrected chi connectivity index (χ4v) is 8.57. The highest BCUT2D eigenvalue weighted by molar-refractivity contribution is 7.89. The molecule has 4 rings (SSSR count). The van der Waals surface area contributed by atoms with E-state index in [-0.39, 0.29) is 54.0 Å². The summed E-state index contributed by atoms with van der Waals surface area (Å²) in [5.74, 6) is 0. The van der Waals surface area contributed by atoms with Crippen LogP contribution in [0, 0.1) is 20.8 Å². The quantitative estimate of drug-likeness (QED) is 0.353. The lowest BCUT2D eigenvalue weighted by atomic mass is 10.2. The van der Waals surface area contributed by atoms with Crippen LogP contribution in [-0.4, -0.2) is 77.4 Å². The van der Waals surface area contributed by atoms with E-state index in [0.29, 0.717) is 0 Å². The van der Waals surface area contributed by atoms with Gasteiger partial charge in [-0.15, -0.1) is 0 Å². The van der Waals surface area contributed by atoms with Crippen molar-refractivity contribution in [1.82, 2.24) is 12.9 Å². The SMILES string of the molecule is Cc1ccc(S(=O)(=O)N2C/C=C/CN(S(=O)(=O)c3ccc(C)cc3)C/C=C/CN(S(=O)(=O)c3ccc(C)cc3)C/C=C/C2)cc1. The van der Waals surface area contributed by atoms with Gasteiger partial charge in [0.05, 0.1) is 14.7 Å². The lowest BCUT2D eigenvalue weighted by Gasteiger charge is -2.21. The average molecular weight is 670 g/mol. The molecule has 0 aliphatic carbocycles. The van der Waals surface area contributed by atoms with Crippen LogP contribution in [0.25, 0.3) is 0 Å². The second-order valence-electron chi connectivity index (χ2n) is 10.8. The van der Waals surface area contributed by atoms with Crippen molar-refractivity contribution in [2.45, 2.75) is 35.5 Å². The summed E-state index contributed by atoms with van der Waals surface area (Å²) in [6, 6.07) is 19.6. The Morgan fingerprint density at radius 2 is 0.533 bits per heavy atom. The molecule has 3 aromatic carbocycles. The van der Waals surface area contributed by atoms with E-state index in [0.717, 1.165) is 16.7 Å². The third-order valence-electron chi connectivity index (χ3n) is 7.33. The third kappa shape index (κ3) is 8.66. The van der Waals surface area contributed by atoms with Crippen LogP contribution in [0.1, 0.15) is 16.7 Å². The number of rotatable bonds is 6. The molecule has 0 N–H and O–H groups in total. The molecule has 0 bridgehead atoms. The average Bonchev–Trinajstić information content (AvgIpc) is 3.01. The minimum atomic E-state index is -3.91. The van der Waals surface area contributed by atoms with Crippen LogP contribution >= 0.6 is 0 Å². The monoisotopic (exact) mass is 669 g/mol. The minimum Gasteiger partial charge on any atom is -0.207 e. The molecule has 1 aliphatic heterocycles. The zero-order chi connectivity index (χ0) is 32.7. The summed E-state index contributed by atoms with van der Waals surface area (Å²) in [7, 11) is -11.7. The van der Waals surface area contributed by atoms with Gasteiger partial charge >= 0.3 is 0 Å². The Kier molecular flexibility index (Phi) is 11.3. The number of hydrogen-bond donors (Lipinski definition) is 0.